The quantitative estimate of drug-likeness (QED) is 0.409. The fraction of sp³-hybridized carbons (Fsp3) is 0.130. The Labute approximate surface area is 174 Å². The lowest BCUT2D eigenvalue weighted by Gasteiger charge is -2.14. The molecule has 4 rings (SSSR count). The van der Waals surface area contributed by atoms with Crippen molar-refractivity contribution in [3.05, 3.63) is 94.9 Å². The second kappa shape index (κ2) is 8.90. The predicted molar refractivity (Wildman–Crippen MR) is 117 cm³/mol. The molecule has 0 bridgehead atoms. The minimum Gasteiger partial charge on any atom is -0.506 e. The van der Waals surface area contributed by atoms with Gasteiger partial charge < -0.3 is 15.7 Å². The van der Waals surface area contributed by atoms with E-state index in [1.165, 1.54) is 17.3 Å². The van der Waals surface area contributed by atoms with Gasteiger partial charge in [-0.2, -0.15) is 0 Å². The monoisotopic (exact) mass is 404 g/mol. The summed E-state index contributed by atoms with van der Waals surface area (Å²) in [7, 11) is 0. The van der Waals surface area contributed by atoms with Gasteiger partial charge in [0.05, 0.1) is 17.4 Å². The summed E-state index contributed by atoms with van der Waals surface area (Å²) in [4.78, 5) is 8.60. The maximum absolute atomic E-state index is 9.33. The summed E-state index contributed by atoms with van der Waals surface area (Å²) in [5.74, 6) is 0.177. The zero-order valence-corrected chi connectivity index (χ0v) is 16.5. The zero-order valence-electron chi connectivity index (χ0n) is 15.8. The van der Waals surface area contributed by atoms with Crippen LogP contribution in [0.5, 0.6) is 5.75 Å². The molecule has 0 fully saturated rings. The summed E-state index contributed by atoms with van der Waals surface area (Å²) >= 11 is 6.08. The topological polar surface area (TPSA) is 70.1 Å². The Balaban J connectivity index is 1.43. The number of nitrogens with one attached hydrogen (secondary N) is 2. The van der Waals surface area contributed by atoms with Crippen LogP contribution in [0.1, 0.15) is 16.8 Å². The van der Waals surface area contributed by atoms with Gasteiger partial charge in [-0.25, -0.2) is 0 Å². The van der Waals surface area contributed by atoms with Crippen molar-refractivity contribution < 1.29 is 5.11 Å². The fourth-order valence-electron chi connectivity index (χ4n) is 3.21. The molecule has 3 N–H and O–H groups in total. The highest BCUT2D eigenvalue weighted by molar-refractivity contribution is 6.31. The lowest BCUT2D eigenvalue weighted by Crippen LogP contribution is -2.15. The van der Waals surface area contributed by atoms with E-state index in [2.05, 4.69) is 32.7 Å². The maximum atomic E-state index is 9.33. The Kier molecular flexibility index (Phi) is 5.89. The lowest BCUT2D eigenvalue weighted by molar-refractivity contribution is 0.471. The van der Waals surface area contributed by atoms with Crippen molar-refractivity contribution in [2.24, 2.45) is 0 Å². The van der Waals surface area contributed by atoms with Crippen molar-refractivity contribution in [2.75, 3.05) is 5.32 Å². The van der Waals surface area contributed by atoms with Gasteiger partial charge in [-0.15, -0.1) is 0 Å². The number of rotatable bonds is 7. The lowest BCUT2D eigenvalue weighted by atomic mass is 10.1. The van der Waals surface area contributed by atoms with E-state index in [-0.39, 0.29) is 5.75 Å². The maximum Gasteiger partial charge on any atom is 0.133 e. The molecule has 5 nitrogen and oxygen atoms in total. The molecule has 0 aliphatic rings. The summed E-state index contributed by atoms with van der Waals surface area (Å²) < 4.78 is 0. The first-order chi connectivity index (χ1) is 14.2. The second-order valence-corrected chi connectivity index (χ2v) is 7.19. The van der Waals surface area contributed by atoms with Crippen LogP contribution in [0.2, 0.25) is 5.02 Å². The molecule has 0 spiro atoms. The molecule has 146 valence electrons. The normalized spacial score (nSPS) is 10.9. The first-order valence-corrected chi connectivity index (χ1v) is 9.76. The van der Waals surface area contributed by atoms with Gasteiger partial charge in [-0.05, 0) is 47.5 Å². The van der Waals surface area contributed by atoms with Gasteiger partial charge in [0.25, 0.3) is 0 Å². The summed E-state index contributed by atoms with van der Waals surface area (Å²) in [5.41, 5.74) is 5.24. The van der Waals surface area contributed by atoms with E-state index in [0.717, 1.165) is 28.8 Å². The molecule has 0 unspecified atom stereocenters. The molecule has 4 aromatic rings. The highest BCUT2D eigenvalue weighted by Crippen LogP contribution is 2.25. The number of aromatic hydroxyl groups is 1. The number of benzene rings is 2. The number of hydrogen-bond acceptors (Lipinski definition) is 5. The summed E-state index contributed by atoms with van der Waals surface area (Å²) in [5, 5.41) is 18.0. The first kappa shape index (κ1) is 19.2. The Hall–Kier alpha value is -3.15. The van der Waals surface area contributed by atoms with Gasteiger partial charge in [-0.3, -0.25) is 9.97 Å². The van der Waals surface area contributed by atoms with Crippen LogP contribution in [0.4, 0.5) is 5.69 Å². The molecule has 0 aliphatic carbocycles. The third kappa shape index (κ3) is 4.83. The molecule has 0 saturated carbocycles. The third-order valence-corrected chi connectivity index (χ3v) is 4.96. The van der Waals surface area contributed by atoms with Crippen molar-refractivity contribution in [1.29, 1.82) is 0 Å². The number of halogens is 1. The van der Waals surface area contributed by atoms with Crippen LogP contribution < -0.4 is 10.6 Å². The fourth-order valence-corrected chi connectivity index (χ4v) is 3.38. The minimum absolute atomic E-state index is 0.177. The average molecular weight is 405 g/mol. The van der Waals surface area contributed by atoms with Crippen LogP contribution in [0.3, 0.4) is 0 Å². The van der Waals surface area contributed by atoms with Crippen molar-refractivity contribution in [2.45, 2.75) is 19.6 Å². The predicted octanol–water partition coefficient (Wildman–Crippen LogP) is 4.89. The minimum atomic E-state index is 0.177. The largest absolute Gasteiger partial charge is 0.506 e. The van der Waals surface area contributed by atoms with Crippen molar-refractivity contribution in [3.8, 4) is 5.75 Å². The molecule has 0 amide bonds. The van der Waals surface area contributed by atoms with E-state index in [1.807, 2.05) is 42.5 Å². The van der Waals surface area contributed by atoms with E-state index in [9.17, 15) is 5.11 Å². The number of hydrogen-bond donors (Lipinski definition) is 3. The summed E-state index contributed by atoms with van der Waals surface area (Å²) in [6.45, 7) is 2.07. The molecule has 6 heteroatoms. The summed E-state index contributed by atoms with van der Waals surface area (Å²) in [6.07, 6.45) is 3.25. The molecule has 0 aliphatic heterocycles. The van der Waals surface area contributed by atoms with Gasteiger partial charge in [0.2, 0.25) is 0 Å². The smallest absolute Gasteiger partial charge is 0.133 e. The van der Waals surface area contributed by atoms with Gasteiger partial charge >= 0.3 is 0 Å². The third-order valence-electron chi connectivity index (χ3n) is 4.72. The number of pyridine rings is 2. The van der Waals surface area contributed by atoms with E-state index < -0.39 is 0 Å². The molecular weight excluding hydrogens is 384 g/mol. The SMILES string of the molecule is Oc1ccc(CNCc2ccccc2CNc2ccnc3cc(Cl)ccc23)nc1. The molecule has 29 heavy (non-hydrogen) atoms. The van der Waals surface area contributed by atoms with Gasteiger partial charge in [-0.1, -0.05) is 35.9 Å². The molecule has 2 heterocycles. The molecule has 0 saturated heterocycles. The molecular formula is C23H21ClN4O. The van der Waals surface area contributed by atoms with E-state index in [0.29, 0.717) is 18.1 Å². The van der Waals surface area contributed by atoms with Crippen LogP contribution in [-0.2, 0) is 19.6 Å². The second-order valence-electron chi connectivity index (χ2n) is 6.75. The van der Waals surface area contributed by atoms with Gasteiger partial charge in [0.15, 0.2) is 0 Å². The van der Waals surface area contributed by atoms with E-state index >= 15 is 0 Å². The first-order valence-electron chi connectivity index (χ1n) is 9.38. The number of aromatic nitrogens is 2. The van der Waals surface area contributed by atoms with Crippen molar-refractivity contribution >= 4 is 28.2 Å². The van der Waals surface area contributed by atoms with Gasteiger partial charge in [0.1, 0.15) is 5.75 Å². The summed E-state index contributed by atoms with van der Waals surface area (Å²) in [6, 6.07) is 19.5. The van der Waals surface area contributed by atoms with Crippen LogP contribution in [0.15, 0.2) is 73.1 Å². The van der Waals surface area contributed by atoms with Crippen LogP contribution in [0.25, 0.3) is 10.9 Å². The number of fused-ring (bicyclic) bond motifs is 1. The number of nitrogens with zero attached hydrogens (tertiary/aromatic N) is 2. The van der Waals surface area contributed by atoms with E-state index in [1.54, 1.807) is 12.3 Å². The van der Waals surface area contributed by atoms with Crippen LogP contribution in [0, 0.1) is 0 Å². The molecule has 2 aromatic carbocycles. The van der Waals surface area contributed by atoms with Crippen LogP contribution in [-0.4, -0.2) is 15.1 Å². The van der Waals surface area contributed by atoms with Crippen LogP contribution >= 0.6 is 11.6 Å². The highest BCUT2D eigenvalue weighted by atomic mass is 35.5. The Morgan fingerprint density at radius 3 is 2.48 bits per heavy atom. The standard InChI is InChI=1S/C23H21ClN4O/c24-18-5-8-21-22(9-10-26-23(21)11-18)28-13-17-4-2-1-3-16(17)12-25-14-19-6-7-20(29)15-27-19/h1-11,15,25,29H,12-14H2,(H,26,28). The van der Waals surface area contributed by atoms with Crippen molar-refractivity contribution in [1.82, 2.24) is 15.3 Å². The molecule has 2 aromatic heterocycles. The van der Waals surface area contributed by atoms with Gasteiger partial charge in [0, 0.05) is 41.9 Å². The Morgan fingerprint density at radius 2 is 1.69 bits per heavy atom. The van der Waals surface area contributed by atoms with E-state index in [4.69, 9.17) is 11.6 Å². The Morgan fingerprint density at radius 1 is 0.862 bits per heavy atom. The Bertz CT molecular complexity index is 1120. The average Bonchev–Trinajstić information content (AvgIpc) is 2.74. The van der Waals surface area contributed by atoms with Crippen molar-refractivity contribution in [3.63, 3.8) is 0 Å². The molecule has 0 atom stereocenters. The molecule has 0 radical (unpaired) electrons. The number of anilines is 1. The highest BCUT2D eigenvalue weighted by Gasteiger charge is 2.06. The zero-order chi connectivity index (χ0) is 20.1.